The van der Waals surface area contributed by atoms with Gasteiger partial charge in [0.2, 0.25) is 5.82 Å². The molecule has 0 amide bonds. The Morgan fingerprint density at radius 3 is 2.75 bits per heavy atom. The van der Waals surface area contributed by atoms with Gasteiger partial charge in [0.1, 0.15) is 5.75 Å². The summed E-state index contributed by atoms with van der Waals surface area (Å²) in [5.41, 5.74) is 1.15. The fraction of sp³-hybridized carbons (Fsp3) is 0.105. The van der Waals surface area contributed by atoms with Crippen LogP contribution in [-0.2, 0) is 16.1 Å². The van der Waals surface area contributed by atoms with Crippen molar-refractivity contribution in [2.24, 2.45) is 0 Å². The molecule has 3 rings (SSSR count). The number of nitro benzene ring substituents is 1. The summed E-state index contributed by atoms with van der Waals surface area (Å²) >= 11 is 0. The number of carbonyl (C=O) groups excluding carboxylic acids is 1. The quantitative estimate of drug-likeness (QED) is 0.264. The van der Waals surface area contributed by atoms with E-state index in [1.54, 1.807) is 37.4 Å². The molecule has 142 valence electrons. The van der Waals surface area contributed by atoms with Gasteiger partial charge in [0, 0.05) is 23.8 Å². The highest BCUT2D eigenvalue weighted by molar-refractivity contribution is 5.87. The molecule has 0 unspecified atom stereocenters. The lowest BCUT2D eigenvalue weighted by Gasteiger charge is -1.99. The first-order valence-corrected chi connectivity index (χ1v) is 8.11. The van der Waals surface area contributed by atoms with E-state index in [-0.39, 0.29) is 18.1 Å². The summed E-state index contributed by atoms with van der Waals surface area (Å²) in [6.45, 7) is -0.169. The van der Waals surface area contributed by atoms with Gasteiger partial charge in [0.25, 0.3) is 11.6 Å². The van der Waals surface area contributed by atoms with Gasteiger partial charge in [-0.1, -0.05) is 17.3 Å². The predicted molar refractivity (Wildman–Crippen MR) is 98.2 cm³/mol. The standard InChI is InChI=1S/C19H15N3O6/c1-26-16-8-6-14(7-9-16)19-20-17(21-28-19)12-27-18(23)10-5-13-3-2-4-15(11-13)22(24)25/h2-11H,12H2,1H3/b10-5+. The first-order chi connectivity index (χ1) is 13.5. The maximum absolute atomic E-state index is 11.8. The third kappa shape index (κ3) is 4.79. The number of carbonyl (C=O) groups is 1. The molecule has 0 aliphatic heterocycles. The lowest BCUT2D eigenvalue weighted by Crippen LogP contribution is -2.02. The van der Waals surface area contributed by atoms with Gasteiger partial charge < -0.3 is 14.0 Å². The lowest BCUT2D eigenvalue weighted by molar-refractivity contribution is -0.384. The summed E-state index contributed by atoms with van der Waals surface area (Å²) in [5.74, 6) is 0.569. The van der Waals surface area contributed by atoms with Crippen LogP contribution in [0.2, 0.25) is 0 Å². The third-order valence-electron chi connectivity index (χ3n) is 3.64. The van der Waals surface area contributed by atoms with Crippen LogP contribution in [0.25, 0.3) is 17.5 Å². The van der Waals surface area contributed by atoms with E-state index >= 15 is 0 Å². The fourth-order valence-electron chi connectivity index (χ4n) is 2.25. The number of non-ortho nitro benzene ring substituents is 1. The number of methoxy groups -OCH3 is 1. The Morgan fingerprint density at radius 2 is 2.04 bits per heavy atom. The van der Waals surface area contributed by atoms with Crippen LogP contribution in [0.4, 0.5) is 5.69 Å². The lowest BCUT2D eigenvalue weighted by atomic mass is 10.2. The van der Waals surface area contributed by atoms with Crippen molar-refractivity contribution in [3.05, 3.63) is 76.1 Å². The van der Waals surface area contributed by atoms with Crippen LogP contribution in [0.3, 0.4) is 0 Å². The second kappa shape index (κ2) is 8.58. The Kier molecular flexibility index (Phi) is 5.75. The molecule has 0 aliphatic rings. The number of esters is 1. The van der Waals surface area contributed by atoms with E-state index in [1.807, 2.05) is 0 Å². The number of hydrogen-bond donors (Lipinski definition) is 0. The summed E-state index contributed by atoms with van der Waals surface area (Å²) < 4.78 is 15.3. The van der Waals surface area contributed by atoms with Gasteiger partial charge in [0.15, 0.2) is 6.61 Å². The minimum Gasteiger partial charge on any atom is -0.497 e. The Morgan fingerprint density at radius 1 is 1.25 bits per heavy atom. The zero-order chi connectivity index (χ0) is 19.9. The van der Waals surface area contributed by atoms with Gasteiger partial charge >= 0.3 is 5.97 Å². The van der Waals surface area contributed by atoms with E-state index in [4.69, 9.17) is 14.0 Å². The van der Waals surface area contributed by atoms with Gasteiger partial charge in [-0.15, -0.1) is 0 Å². The molecule has 1 heterocycles. The van der Waals surface area contributed by atoms with Crippen molar-refractivity contribution in [3.63, 3.8) is 0 Å². The Balaban J connectivity index is 1.57. The molecular formula is C19H15N3O6. The highest BCUT2D eigenvalue weighted by atomic mass is 16.6. The van der Waals surface area contributed by atoms with Crippen molar-refractivity contribution < 1.29 is 23.7 Å². The van der Waals surface area contributed by atoms with Gasteiger partial charge in [0.05, 0.1) is 12.0 Å². The predicted octanol–water partition coefficient (Wildman–Crippen LogP) is 3.41. The zero-order valence-electron chi connectivity index (χ0n) is 14.8. The molecule has 0 atom stereocenters. The second-order valence-corrected chi connectivity index (χ2v) is 5.54. The molecule has 0 bridgehead atoms. The number of aromatic nitrogens is 2. The average Bonchev–Trinajstić information content (AvgIpc) is 3.20. The number of nitrogens with zero attached hydrogens (tertiary/aromatic N) is 3. The van der Waals surface area contributed by atoms with Crippen LogP contribution < -0.4 is 4.74 Å². The minimum atomic E-state index is -0.637. The zero-order valence-corrected chi connectivity index (χ0v) is 14.8. The van der Waals surface area contributed by atoms with E-state index in [0.29, 0.717) is 22.8 Å². The first-order valence-electron chi connectivity index (χ1n) is 8.11. The molecule has 2 aromatic carbocycles. The van der Waals surface area contributed by atoms with Crippen LogP contribution in [0.1, 0.15) is 11.4 Å². The normalized spacial score (nSPS) is 10.8. The number of ether oxygens (including phenoxy) is 2. The summed E-state index contributed by atoms with van der Waals surface area (Å²) in [6.07, 6.45) is 2.60. The largest absolute Gasteiger partial charge is 0.497 e. The number of nitro groups is 1. The Hall–Kier alpha value is -4.01. The van der Waals surface area contributed by atoms with Gasteiger partial charge in [-0.2, -0.15) is 4.98 Å². The maximum atomic E-state index is 11.8. The summed E-state index contributed by atoms with van der Waals surface area (Å²) in [6, 6.07) is 12.9. The van der Waals surface area contributed by atoms with E-state index in [9.17, 15) is 14.9 Å². The van der Waals surface area contributed by atoms with Crippen molar-refractivity contribution in [2.45, 2.75) is 6.61 Å². The van der Waals surface area contributed by atoms with E-state index in [1.165, 1.54) is 30.4 Å². The third-order valence-corrected chi connectivity index (χ3v) is 3.64. The molecule has 9 heteroatoms. The monoisotopic (exact) mass is 381 g/mol. The van der Waals surface area contributed by atoms with Crippen LogP contribution in [0.15, 0.2) is 59.1 Å². The van der Waals surface area contributed by atoms with E-state index < -0.39 is 10.9 Å². The number of benzene rings is 2. The molecule has 0 radical (unpaired) electrons. The highest BCUT2D eigenvalue weighted by Gasteiger charge is 2.10. The second-order valence-electron chi connectivity index (χ2n) is 5.54. The molecular weight excluding hydrogens is 366 g/mol. The smallest absolute Gasteiger partial charge is 0.331 e. The van der Waals surface area contributed by atoms with Crippen LogP contribution in [0, 0.1) is 10.1 Å². The summed E-state index contributed by atoms with van der Waals surface area (Å²) in [4.78, 5) is 26.2. The summed E-state index contributed by atoms with van der Waals surface area (Å²) in [5, 5.41) is 14.5. The fourth-order valence-corrected chi connectivity index (χ4v) is 2.25. The maximum Gasteiger partial charge on any atom is 0.331 e. The van der Waals surface area contributed by atoms with Crippen molar-refractivity contribution in [2.75, 3.05) is 7.11 Å². The first kappa shape index (κ1) is 18.8. The SMILES string of the molecule is COc1ccc(-c2nc(COC(=O)/C=C/c3cccc([N+](=O)[O-])c3)no2)cc1. The topological polar surface area (TPSA) is 118 Å². The molecule has 3 aromatic rings. The number of hydrogen-bond acceptors (Lipinski definition) is 8. The van der Waals surface area contributed by atoms with E-state index in [0.717, 1.165) is 0 Å². The molecule has 28 heavy (non-hydrogen) atoms. The number of rotatable bonds is 7. The van der Waals surface area contributed by atoms with Crippen LogP contribution >= 0.6 is 0 Å². The van der Waals surface area contributed by atoms with Crippen LogP contribution in [-0.4, -0.2) is 28.1 Å². The van der Waals surface area contributed by atoms with E-state index in [2.05, 4.69) is 10.1 Å². The van der Waals surface area contributed by atoms with Gasteiger partial charge in [-0.25, -0.2) is 4.79 Å². The molecule has 0 fully saturated rings. The summed E-state index contributed by atoms with van der Waals surface area (Å²) in [7, 11) is 1.57. The van der Waals surface area contributed by atoms with Crippen molar-refractivity contribution in [3.8, 4) is 17.2 Å². The van der Waals surface area contributed by atoms with Crippen molar-refractivity contribution >= 4 is 17.7 Å². The molecule has 0 spiro atoms. The minimum absolute atomic E-state index is 0.0617. The molecule has 1 aromatic heterocycles. The van der Waals surface area contributed by atoms with Crippen molar-refractivity contribution in [1.29, 1.82) is 0 Å². The molecule has 0 saturated carbocycles. The van der Waals surface area contributed by atoms with Crippen molar-refractivity contribution in [1.82, 2.24) is 10.1 Å². The Labute approximate surface area is 159 Å². The molecule has 0 saturated heterocycles. The molecule has 0 N–H and O–H groups in total. The molecule has 0 aliphatic carbocycles. The molecule has 9 nitrogen and oxygen atoms in total. The highest BCUT2D eigenvalue weighted by Crippen LogP contribution is 2.20. The Bertz CT molecular complexity index is 1010. The van der Waals surface area contributed by atoms with Crippen LogP contribution in [0.5, 0.6) is 5.75 Å². The van der Waals surface area contributed by atoms with Gasteiger partial charge in [-0.3, -0.25) is 10.1 Å². The average molecular weight is 381 g/mol. The van der Waals surface area contributed by atoms with Gasteiger partial charge in [-0.05, 0) is 35.9 Å².